The quantitative estimate of drug-likeness (QED) is 0.544. The molecule has 0 aromatic heterocycles. The van der Waals surface area contributed by atoms with Gasteiger partial charge in [0.15, 0.2) is 0 Å². The van der Waals surface area contributed by atoms with Gasteiger partial charge in [-0.3, -0.25) is 10.1 Å². The Bertz CT molecular complexity index is 369. The van der Waals surface area contributed by atoms with Gasteiger partial charge >= 0.3 is 0 Å². The van der Waals surface area contributed by atoms with E-state index < -0.39 is 0 Å². The number of rotatable bonds is 3. The van der Waals surface area contributed by atoms with Crippen LogP contribution in [0.4, 0.5) is 0 Å². The minimum absolute atomic E-state index is 0.249. The monoisotopic (exact) mass is 191 g/mol. The Hall–Kier alpha value is -1.64. The molecule has 1 rings (SSSR count). The molecule has 0 N–H and O–H groups in total. The summed E-state index contributed by atoms with van der Waals surface area (Å²) in [5, 5.41) is 10.6. The molecule has 0 aliphatic heterocycles. The normalized spacial score (nSPS) is 11.4. The molecule has 0 radical (unpaired) electrons. The molecule has 0 aliphatic rings. The third kappa shape index (κ3) is 2.42. The maximum Gasteiger partial charge on any atom is 0.246 e. The highest BCUT2D eigenvalue weighted by atomic mass is 16.6. The van der Waals surface area contributed by atoms with Gasteiger partial charge in [0.25, 0.3) is 0 Å². The smallest absolute Gasteiger partial charge is 0.246 e. The molecule has 3 nitrogen and oxygen atoms in total. The van der Waals surface area contributed by atoms with Crippen molar-refractivity contribution in [1.82, 2.24) is 0 Å². The van der Waals surface area contributed by atoms with E-state index in [0.29, 0.717) is 6.42 Å². The fourth-order valence-electron chi connectivity index (χ4n) is 1.21. The lowest BCUT2D eigenvalue weighted by atomic mass is 10.1. The molecule has 0 heterocycles. The predicted molar refractivity (Wildman–Crippen MR) is 56.4 cm³/mol. The SMILES string of the molecule is CC/C(=C\c1ccccc1C)[N+](=O)[O-]. The molecular formula is C11H13NO2. The molecule has 74 valence electrons. The minimum Gasteiger partial charge on any atom is -0.259 e. The largest absolute Gasteiger partial charge is 0.259 e. The van der Waals surface area contributed by atoms with Crippen LogP contribution in [0.2, 0.25) is 0 Å². The first kappa shape index (κ1) is 10.4. The number of nitro groups is 1. The summed E-state index contributed by atoms with van der Waals surface area (Å²) in [4.78, 5) is 10.3. The third-order valence-electron chi connectivity index (χ3n) is 2.11. The second-order valence-corrected chi connectivity index (χ2v) is 3.10. The fourth-order valence-corrected chi connectivity index (χ4v) is 1.21. The van der Waals surface area contributed by atoms with Crippen molar-refractivity contribution in [2.24, 2.45) is 0 Å². The fraction of sp³-hybridized carbons (Fsp3) is 0.273. The summed E-state index contributed by atoms with van der Waals surface area (Å²) in [6, 6.07) is 7.63. The van der Waals surface area contributed by atoms with Gasteiger partial charge in [0.05, 0.1) is 4.92 Å². The Morgan fingerprint density at radius 1 is 1.50 bits per heavy atom. The number of hydrogen-bond donors (Lipinski definition) is 0. The Balaban J connectivity index is 3.07. The average Bonchev–Trinajstić information content (AvgIpc) is 2.16. The van der Waals surface area contributed by atoms with Gasteiger partial charge in [0, 0.05) is 12.5 Å². The van der Waals surface area contributed by atoms with Crippen molar-refractivity contribution in [3.8, 4) is 0 Å². The third-order valence-corrected chi connectivity index (χ3v) is 2.11. The van der Waals surface area contributed by atoms with E-state index in [1.54, 1.807) is 13.0 Å². The molecule has 0 aliphatic carbocycles. The molecule has 14 heavy (non-hydrogen) atoms. The van der Waals surface area contributed by atoms with Crippen LogP contribution in [0, 0.1) is 17.0 Å². The van der Waals surface area contributed by atoms with Gasteiger partial charge in [0.2, 0.25) is 5.70 Å². The zero-order chi connectivity index (χ0) is 10.6. The van der Waals surface area contributed by atoms with Crippen LogP contribution >= 0.6 is 0 Å². The lowest BCUT2D eigenvalue weighted by Gasteiger charge is -1.99. The van der Waals surface area contributed by atoms with Gasteiger partial charge in [-0.15, -0.1) is 0 Å². The summed E-state index contributed by atoms with van der Waals surface area (Å²) in [5.74, 6) is 0. The van der Waals surface area contributed by atoms with E-state index in [4.69, 9.17) is 0 Å². The van der Waals surface area contributed by atoms with Crippen LogP contribution in [0.25, 0.3) is 6.08 Å². The molecule has 0 amide bonds. The number of hydrogen-bond acceptors (Lipinski definition) is 2. The van der Waals surface area contributed by atoms with Gasteiger partial charge < -0.3 is 0 Å². The van der Waals surface area contributed by atoms with Crippen LogP contribution in [0.15, 0.2) is 30.0 Å². The Kier molecular flexibility index (Phi) is 3.40. The average molecular weight is 191 g/mol. The molecule has 3 heteroatoms. The molecular weight excluding hydrogens is 178 g/mol. The summed E-state index contributed by atoms with van der Waals surface area (Å²) in [5.41, 5.74) is 2.22. The molecule has 1 aromatic carbocycles. The second kappa shape index (κ2) is 4.56. The maximum absolute atomic E-state index is 10.6. The Morgan fingerprint density at radius 2 is 2.14 bits per heavy atom. The first-order valence-electron chi connectivity index (χ1n) is 4.55. The van der Waals surface area contributed by atoms with Crippen molar-refractivity contribution >= 4 is 6.08 Å². The Labute approximate surface area is 83.2 Å². The van der Waals surface area contributed by atoms with Crippen LogP contribution in [0.5, 0.6) is 0 Å². The molecule has 1 aromatic rings. The highest BCUT2D eigenvalue weighted by Gasteiger charge is 2.07. The second-order valence-electron chi connectivity index (χ2n) is 3.10. The van der Waals surface area contributed by atoms with Gasteiger partial charge in [0.1, 0.15) is 0 Å². The van der Waals surface area contributed by atoms with Gasteiger partial charge in [-0.1, -0.05) is 31.2 Å². The van der Waals surface area contributed by atoms with E-state index in [1.807, 2.05) is 31.2 Å². The standard InChI is InChI=1S/C11H13NO2/c1-3-11(12(13)14)8-10-7-5-4-6-9(10)2/h4-8H,3H2,1-2H3/b11-8+. The summed E-state index contributed by atoms with van der Waals surface area (Å²) in [6.07, 6.45) is 2.08. The molecule has 0 bridgehead atoms. The summed E-state index contributed by atoms with van der Waals surface area (Å²) in [6.45, 7) is 3.73. The van der Waals surface area contributed by atoms with Gasteiger partial charge in [-0.25, -0.2) is 0 Å². The number of benzene rings is 1. The van der Waals surface area contributed by atoms with E-state index in [0.717, 1.165) is 11.1 Å². The van der Waals surface area contributed by atoms with Crippen LogP contribution in [0.3, 0.4) is 0 Å². The summed E-state index contributed by atoms with van der Waals surface area (Å²) >= 11 is 0. The molecule has 0 atom stereocenters. The Morgan fingerprint density at radius 3 is 2.64 bits per heavy atom. The molecule has 0 spiro atoms. The zero-order valence-corrected chi connectivity index (χ0v) is 8.36. The van der Waals surface area contributed by atoms with Crippen LogP contribution in [0.1, 0.15) is 24.5 Å². The van der Waals surface area contributed by atoms with Crippen molar-refractivity contribution in [2.75, 3.05) is 0 Å². The summed E-state index contributed by atoms with van der Waals surface area (Å²) in [7, 11) is 0. The van der Waals surface area contributed by atoms with Crippen molar-refractivity contribution in [3.63, 3.8) is 0 Å². The predicted octanol–water partition coefficient (Wildman–Crippen LogP) is 3.02. The molecule has 0 unspecified atom stereocenters. The van der Waals surface area contributed by atoms with Crippen molar-refractivity contribution in [3.05, 3.63) is 51.2 Å². The van der Waals surface area contributed by atoms with Crippen molar-refractivity contribution in [2.45, 2.75) is 20.3 Å². The first-order valence-corrected chi connectivity index (χ1v) is 4.55. The van der Waals surface area contributed by atoms with E-state index >= 15 is 0 Å². The molecule has 0 saturated heterocycles. The van der Waals surface area contributed by atoms with E-state index in [2.05, 4.69) is 0 Å². The first-order chi connectivity index (χ1) is 6.65. The van der Waals surface area contributed by atoms with Crippen LogP contribution in [-0.4, -0.2) is 4.92 Å². The molecule has 0 saturated carbocycles. The van der Waals surface area contributed by atoms with E-state index in [-0.39, 0.29) is 10.6 Å². The van der Waals surface area contributed by atoms with Crippen molar-refractivity contribution in [1.29, 1.82) is 0 Å². The highest BCUT2D eigenvalue weighted by Crippen LogP contribution is 2.13. The summed E-state index contributed by atoms with van der Waals surface area (Å²) < 4.78 is 0. The van der Waals surface area contributed by atoms with Crippen LogP contribution in [-0.2, 0) is 0 Å². The van der Waals surface area contributed by atoms with Crippen molar-refractivity contribution < 1.29 is 4.92 Å². The highest BCUT2D eigenvalue weighted by molar-refractivity contribution is 5.54. The topological polar surface area (TPSA) is 43.1 Å². The number of allylic oxidation sites excluding steroid dienone is 1. The van der Waals surface area contributed by atoms with Crippen LogP contribution < -0.4 is 0 Å². The maximum atomic E-state index is 10.6. The number of nitrogens with zero attached hydrogens (tertiary/aromatic N) is 1. The zero-order valence-electron chi connectivity index (χ0n) is 8.36. The lowest BCUT2D eigenvalue weighted by molar-refractivity contribution is -0.425. The van der Waals surface area contributed by atoms with E-state index in [9.17, 15) is 10.1 Å². The van der Waals surface area contributed by atoms with E-state index in [1.165, 1.54) is 0 Å². The lowest BCUT2D eigenvalue weighted by Crippen LogP contribution is -1.97. The van der Waals surface area contributed by atoms with Gasteiger partial charge in [-0.2, -0.15) is 0 Å². The minimum atomic E-state index is -0.327. The number of aryl methyl sites for hydroxylation is 1. The molecule has 0 fully saturated rings. The van der Waals surface area contributed by atoms with Gasteiger partial charge in [-0.05, 0) is 18.1 Å².